The summed E-state index contributed by atoms with van der Waals surface area (Å²) in [5, 5.41) is 12.7. The van der Waals surface area contributed by atoms with E-state index in [2.05, 4.69) is 15.3 Å². The highest BCUT2D eigenvalue weighted by Gasteiger charge is 2.16. The fraction of sp³-hybridized carbons (Fsp3) is 0.167. The van der Waals surface area contributed by atoms with Gasteiger partial charge >= 0.3 is 0 Å². The minimum atomic E-state index is -0.454. The van der Waals surface area contributed by atoms with Crippen LogP contribution in [0.3, 0.4) is 0 Å². The Bertz CT molecular complexity index is 944. The van der Waals surface area contributed by atoms with Gasteiger partial charge < -0.3 is 15.3 Å². The number of phenols is 1. The predicted molar refractivity (Wildman–Crippen MR) is 98.0 cm³/mol. The highest BCUT2D eigenvalue weighted by Crippen LogP contribution is 2.24. The number of para-hydroxylation sites is 2. The number of amides is 1. The molecule has 0 saturated carbocycles. The number of nitrogens with zero attached hydrogens (tertiary/aromatic N) is 3. The van der Waals surface area contributed by atoms with Crippen molar-refractivity contribution >= 4 is 34.2 Å². The first-order valence-corrected chi connectivity index (χ1v) is 8.02. The summed E-state index contributed by atoms with van der Waals surface area (Å²) in [5.41, 5.74) is 2.53. The molecule has 3 aromatic rings. The van der Waals surface area contributed by atoms with Crippen LogP contribution < -0.4 is 5.32 Å². The van der Waals surface area contributed by atoms with Gasteiger partial charge in [0.2, 0.25) is 0 Å². The van der Waals surface area contributed by atoms with Crippen molar-refractivity contribution in [1.29, 1.82) is 0 Å². The minimum absolute atomic E-state index is 0.0449. The van der Waals surface area contributed by atoms with Crippen molar-refractivity contribution in [3.05, 3.63) is 58.9 Å². The molecular formula is C18H17ClN4O2. The summed E-state index contributed by atoms with van der Waals surface area (Å²) in [6, 6.07) is 12.1. The van der Waals surface area contributed by atoms with Crippen molar-refractivity contribution in [3.63, 3.8) is 0 Å². The van der Waals surface area contributed by atoms with E-state index in [4.69, 9.17) is 11.6 Å². The van der Waals surface area contributed by atoms with Crippen molar-refractivity contribution in [2.24, 2.45) is 0 Å². The van der Waals surface area contributed by atoms with Crippen LogP contribution in [0.5, 0.6) is 5.75 Å². The predicted octanol–water partition coefficient (Wildman–Crippen LogP) is 3.30. The number of aromatic hydroxyl groups is 1. The Kier molecular flexibility index (Phi) is 4.83. The lowest BCUT2D eigenvalue weighted by Gasteiger charge is -2.13. The van der Waals surface area contributed by atoms with E-state index in [1.165, 1.54) is 0 Å². The Hall–Kier alpha value is -2.70. The van der Waals surface area contributed by atoms with Gasteiger partial charge in [0.25, 0.3) is 5.91 Å². The molecule has 2 aromatic carbocycles. The topological polar surface area (TPSA) is 78.4 Å². The summed E-state index contributed by atoms with van der Waals surface area (Å²) >= 11 is 6.11. The molecule has 1 heterocycles. The lowest BCUT2D eigenvalue weighted by Crippen LogP contribution is -2.16. The molecule has 25 heavy (non-hydrogen) atoms. The van der Waals surface area contributed by atoms with E-state index < -0.39 is 5.91 Å². The molecule has 0 saturated heterocycles. The van der Waals surface area contributed by atoms with Gasteiger partial charge in [-0.15, -0.1) is 0 Å². The van der Waals surface area contributed by atoms with Gasteiger partial charge in [0.1, 0.15) is 5.75 Å². The molecular weight excluding hydrogens is 340 g/mol. The molecule has 7 heteroatoms. The van der Waals surface area contributed by atoms with Crippen LogP contribution in [0.4, 0.5) is 5.69 Å². The lowest BCUT2D eigenvalue weighted by molar-refractivity contribution is 0.102. The van der Waals surface area contributed by atoms with Gasteiger partial charge in [-0.2, -0.15) is 0 Å². The first-order valence-electron chi connectivity index (χ1n) is 7.64. The number of hydrogen-bond acceptors (Lipinski definition) is 5. The lowest BCUT2D eigenvalue weighted by atomic mass is 10.1. The van der Waals surface area contributed by atoms with Gasteiger partial charge in [0.05, 0.1) is 11.0 Å². The Morgan fingerprint density at radius 1 is 1.16 bits per heavy atom. The summed E-state index contributed by atoms with van der Waals surface area (Å²) in [6.45, 7) is 0.548. The summed E-state index contributed by atoms with van der Waals surface area (Å²) in [7, 11) is 3.80. The third-order valence-electron chi connectivity index (χ3n) is 3.57. The second kappa shape index (κ2) is 7.04. The molecule has 0 aliphatic carbocycles. The smallest absolute Gasteiger partial charge is 0.277 e. The first-order chi connectivity index (χ1) is 11.9. The normalized spacial score (nSPS) is 11.0. The van der Waals surface area contributed by atoms with Crippen molar-refractivity contribution in [2.45, 2.75) is 6.54 Å². The maximum atomic E-state index is 12.5. The third-order valence-corrected chi connectivity index (χ3v) is 3.83. The fourth-order valence-corrected chi connectivity index (χ4v) is 2.66. The number of phenolic OH excluding ortho intramolecular Hbond substituents is 1. The second-order valence-corrected chi connectivity index (χ2v) is 6.25. The molecule has 0 radical (unpaired) electrons. The zero-order chi connectivity index (χ0) is 18.0. The quantitative estimate of drug-likeness (QED) is 0.701. The number of halogens is 1. The van der Waals surface area contributed by atoms with E-state index in [0.717, 1.165) is 0 Å². The Labute approximate surface area is 150 Å². The van der Waals surface area contributed by atoms with Gasteiger partial charge in [-0.3, -0.25) is 4.79 Å². The largest absolute Gasteiger partial charge is 0.508 e. The van der Waals surface area contributed by atoms with Gasteiger partial charge in [0, 0.05) is 17.8 Å². The van der Waals surface area contributed by atoms with Crippen LogP contribution in [0.1, 0.15) is 16.1 Å². The van der Waals surface area contributed by atoms with Gasteiger partial charge in [0.15, 0.2) is 10.8 Å². The number of benzene rings is 2. The maximum Gasteiger partial charge on any atom is 0.277 e. The SMILES string of the molecule is CN(C)Cc1cc(NC(=O)c2nc3ccccc3nc2Cl)ccc1O. The molecule has 0 unspecified atom stereocenters. The molecule has 0 aliphatic heterocycles. The molecule has 2 N–H and O–H groups in total. The molecule has 128 valence electrons. The van der Waals surface area contributed by atoms with Gasteiger partial charge in [-0.05, 0) is 44.4 Å². The summed E-state index contributed by atoms with van der Waals surface area (Å²) in [6.07, 6.45) is 0. The van der Waals surface area contributed by atoms with Crippen molar-refractivity contribution in [2.75, 3.05) is 19.4 Å². The molecule has 0 spiro atoms. The number of hydrogen-bond donors (Lipinski definition) is 2. The molecule has 0 fully saturated rings. The van der Waals surface area contributed by atoms with E-state index in [0.29, 0.717) is 28.8 Å². The summed E-state index contributed by atoms with van der Waals surface area (Å²) < 4.78 is 0. The van der Waals surface area contributed by atoms with Gasteiger partial charge in [-0.25, -0.2) is 9.97 Å². The van der Waals surface area contributed by atoms with Crippen molar-refractivity contribution < 1.29 is 9.90 Å². The fourth-order valence-electron chi connectivity index (χ4n) is 2.44. The Morgan fingerprint density at radius 2 is 1.84 bits per heavy atom. The van der Waals surface area contributed by atoms with Crippen LogP contribution >= 0.6 is 11.6 Å². The highest BCUT2D eigenvalue weighted by molar-refractivity contribution is 6.33. The van der Waals surface area contributed by atoms with E-state index in [1.807, 2.05) is 31.1 Å². The van der Waals surface area contributed by atoms with E-state index in [9.17, 15) is 9.90 Å². The number of rotatable bonds is 4. The number of aromatic nitrogens is 2. The summed E-state index contributed by atoms with van der Waals surface area (Å²) in [5.74, 6) is -0.278. The number of fused-ring (bicyclic) bond motifs is 1. The summed E-state index contributed by atoms with van der Waals surface area (Å²) in [4.78, 5) is 22.9. The molecule has 0 bridgehead atoms. The van der Waals surface area contributed by atoms with Crippen LogP contribution in [0.25, 0.3) is 11.0 Å². The molecule has 6 nitrogen and oxygen atoms in total. The minimum Gasteiger partial charge on any atom is -0.508 e. The number of anilines is 1. The number of carbonyl (C=O) groups excluding carboxylic acids is 1. The first kappa shape index (κ1) is 17.1. The van der Waals surface area contributed by atoms with Crippen LogP contribution in [0.2, 0.25) is 5.15 Å². The maximum absolute atomic E-state index is 12.5. The standard InChI is InChI=1S/C18H17ClN4O2/c1-23(2)10-11-9-12(7-8-15(11)24)20-18(25)16-17(19)22-14-6-4-3-5-13(14)21-16/h3-9,24H,10H2,1-2H3,(H,20,25). The zero-order valence-corrected chi connectivity index (χ0v) is 14.6. The van der Waals surface area contributed by atoms with Crippen LogP contribution in [-0.4, -0.2) is 40.0 Å². The number of nitrogens with one attached hydrogen (secondary N) is 1. The van der Waals surface area contributed by atoms with Crippen LogP contribution in [0, 0.1) is 0 Å². The van der Waals surface area contributed by atoms with Gasteiger partial charge in [-0.1, -0.05) is 23.7 Å². The molecule has 0 aliphatic rings. The third kappa shape index (κ3) is 3.87. The van der Waals surface area contributed by atoms with Crippen LogP contribution in [-0.2, 0) is 6.54 Å². The zero-order valence-electron chi connectivity index (χ0n) is 13.8. The Balaban J connectivity index is 1.88. The Morgan fingerprint density at radius 3 is 2.52 bits per heavy atom. The van der Waals surface area contributed by atoms with E-state index >= 15 is 0 Å². The average Bonchev–Trinajstić information content (AvgIpc) is 2.56. The molecule has 1 amide bonds. The average molecular weight is 357 g/mol. The molecule has 0 atom stereocenters. The van der Waals surface area contributed by atoms with E-state index in [-0.39, 0.29) is 16.6 Å². The highest BCUT2D eigenvalue weighted by atomic mass is 35.5. The number of carbonyl (C=O) groups is 1. The van der Waals surface area contributed by atoms with Crippen molar-refractivity contribution in [3.8, 4) is 5.75 Å². The van der Waals surface area contributed by atoms with Crippen LogP contribution in [0.15, 0.2) is 42.5 Å². The van der Waals surface area contributed by atoms with Crippen molar-refractivity contribution in [1.82, 2.24) is 14.9 Å². The molecule has 3 rings (SSSR count). The molecule has 1 aromatic heterocycles. The second-order valence-electron chi connectivity index (χ2n) is 5.89. The van der Waals surface area contributed by atoms with E-state index in [1.54, 1.807) is 30.3 Å². The monoisotopic (exact) mass is 356 g/mol.